The molecule has 2 aromatic carbocycles. The second-order valence-corrected chi connectivity index (χ2v) is 7.10. The van der Waals surface area contributed by atoms with Crippen molar-refractivity contribution in [1.82, 2.24) is 24.7 Å². The van der Waals surface area contributed by atoms with E-state index in [-0.39, 0.29) is 0 Å². The Morgan fingerprint density at radius 2 is 1.77 bits per heavy atom. The average molecular weight is 408 g/mol. The molecule has 3 aromatic heterocycles. The molecule has 0 amide bonds. The minimum atomic E-state index is 0.477. The molecule has 0 spiro atoms. The van der Waals surface area contributed by atoms with E-state index in [0.717, 1.165) is 39.0 Å². The summed E-state index contributed by atoms with van der Waals surface area (Å²) in [5, 5.41) is 8.45. The molecule has 1 N–H and O–H groups in total. The van der Waals surface area contributed by atoms with E-state index < -0.39 is 0 Å². The Balaban J connectivity index is 1.52. The molecular weight excluding hydrogens is 388 g/mol. The number of anilines is 2. The lowest BCUT2D eigenvalue weighted by molar-refractivity contribution is 0.417. The maximum atomic E-state index is 5.61. The molecule has 7 heteroatoms. The molecule has 0 radical (unpaired) electrons. The summed E-state index contributed by atoms with van der Waals surface area (Å²) >= 11 is 0. The van der Waals surface area contributed by atoms with Gasteiger partial charge in [-0.2, -0.15) is 5.10 Å². The number of ether oxygens (including phenoxy) is 1. The summed E-state index contributed by atoms with van der Waals surface area (Å²) in [4.78, 5) is 13.8. The Morgan fingerprint density at radius 1 is 0.903 bits per heavy atom. The summed E-state index contributed by atoms with van der Waals surface area (Å²) in [7, 11) is 3.54. The van der Waals surface area contributed by atoms with E-state index in [2.05, 4.69) is 20.4 Å². The van der Waals surface area contributed by atoms with Gasteiger partial charge >= 0.3 is 0 Å². The quantitative estimate of drug-likeness (QED) is 0.448. The first-order chi connectivity index (χ1) is 15.2. The summed E-state index contributed by atoms with van der Waals surface area (Å²) in [6.07, 6.45) is 7.37. The van der Waals surface area contributed by atoms with E-state index in [1.165, 1.54) is 0 Å². The van der Waals surface area contributed by atoms with E-state index in [0.29, 0.717) is 11.7 Å². The summed E-state index contributed by atoms with van der Waals surface area (Å²) in [5.74, 6) is 1.17. The van der Waals surface area contributed by atoms with Gasteiger partial charge in [0.05, 0.1) is 24.7 Å². The summed E-state index contributed by atoms with van der Waals surface area (Å²) in [6, 6.07) is 17.9. The van der Waals surface area contributed by atoms with E-state index in [1.807, 2.05) is 74.0 Å². The minimum Gasteiger partial charge on any atom is -0.495 e. The van der Waals surface area contributed by atoms with Crippen LogP contribution in [0.4, 0.5) is 11.6 Å². The molecule has 0 fully saturated rings. The van der Waals surface area contributed by atoms with Crippen LogP contribution < -0.4 is 10.1 Å². The van der Waals surface area contributed by atoms with Gasteiger partial charge in [0.1, 0.15) is 11.3 Å². The Bertz CT molecular complexity index is 1360. The number of pyridine rings is 1. The molecule has 3 heterocycles. The van der Waals surface area contributed by atoms with Crippen molar-refractivity contribution in [2.45, 2.75) is 0 Å². The molecule has 7 nitrogen and oxygen atoms in total. The molecule has 0 atom stereocenters. The molecule has 0 unspecified atom stereocenters. The first kappa shape index (κ1) is 18.7. The predicted octanol–water partition coefficient (Wildman–Crippen LogP) is 4.84. The fourth-order valence-corrected chi connectivity index (χ4v) is 3.49. The first-order valence-electron chi connectivity index (χ1n) is 9.82. The second-order valence-electron chi connectivity index (χ2n) is 7.10. The van der Waals surface area contributed by atoms with E-state index in [9.17, 15) is 0 Å². The van der Waals surface area contributed by atoms with Crippen molar-refractivity contribution >= 4 is 22.5 Å². The first-order valence-corrected chi connectivity index (χ1v) is 9.82. The molecule has 5 rings (SSSR count). The molecule has 0 aliphatic heterocycles. The SMILES string of the molecule is COc1cc(-c2cnn(C)c2)ccc1Nc1ncc2ccnc(-c3ccccc3)c2n1. The molecule has 5 aromatic rings. The van der Waals surface area contributed by atoms with Crippen LogP contribution in [0.25, 0.3) is 33.3 Å². The minimum absolute atomic E-state index is 0.477. The Labute approximate surface area is 179 Å². The van der Waals surface area contributed by atoms with Gasteiger partial charge in [-0.05, 0) is 23.8 Å². The lowest BCUT2D eigenvalue weighted by atomic mass is 10.1. The zero-order chi connectivity index (χ0) is 21.2. The van der Waals surface area contributed by atoms with Gasteiger partial charge in [-0.3, -0.25) is 9.67 Å². The molecule has 0 saturated carbocycles. The van der Waals surface area contributed by atoms with Crippen LogP contribution in [0.15, 0.2) is 79.4 Å². The van der Waals surface area contributed by atoms with Gasteiger partial charge in [-0.25, -0.2) is 9.97 Å². The molecule has 31 heavy (non-hydrogen) atoms. The number of aromatic nitrogens is 5. The van der Waals surface area contributed by atoms with E-state index in [1.54, 1.807) is 24.2 Å². The van der Waals surface area contributed by atoms with Crippen LogP contribution in [0.3, 0.4) is 0 Å². The molecule has 152 valence electrons. The second kappa shape index (κ2) is 7.87. The number of hydrogen-bond donors (Lipinski definition) is 1. The van der Waals surface area contributed by atoms with Crippen LogP contribution in [-0.4, -0.2) is 31.8 Å². The summed E-state index contributed by atoms with van der Waals surface area (Å²) in [5.41, 5.74) is 5.44. The van der Waals surface area contributed by atoms with Gasteiger partial charge in [0.15, 0.2) is 0 Å². The highest BCUT2D eigenvalue weighted by atomic mass is 16.5. The van der Waals surface area contributed by atoms with Crippen LogP contribution in [0.5, 0.6) is 5.75 Å². The Hall–Kier alpha value is -4.26. The zero-order valence-electron chi connectivity index (χ0n) is 17.1. The van der Waals surface area contributed by atoms with Gasteiger partial charge in [-0.15, -0.1) is 0 Å². The topological polar surface area (TPSA) is 77.8 Å². The third kappa shape index (κ3) is 3.69. The maximum Gasteiger partial charge on any atom is 0.227 e. The fourth-order valence-electron chi connectivity index (χ4n) is 3.49. The third-order valence-corrected chi connectivity index (χ3v) is 5.03. The molecule has 0 saturated heterocycles. The van der Waals surface area contributed by atoms with Crippen molar-refractivity contribution in [3.63, 3.8) is 0 Å². The monoisotopic (exact) mass is 408 g/mol. The van der Waals surface area contributed by atoms with Crippen molar-refractivity contribution in [3.8, 4) is 28.1 Å². The van der Waals surface area contributed by atoms with Crippen LogP contribution >= 0.6 is 0 Å². The van der Waals surface area contributed by atoms with Crippen LogP contribution in [0, 0.1) is 0 Å². The standard InChI is InChI=1S/C24H20N6O/c1-30-15-19(14-27-30)17-8-9-20(21(12-17)31-2)28-24-26-13-18-10-11-25-22(23(18)29-24)16-6-4-3-5-7-16/h3-15H,1-2H3,(H,26,28,29). The number of hydrogen-bond acceptors (Lipinski definition) is 6. The summed E-state index contributed by atoms with van der Waals surface area (Å²) in [6.45, 7) is 0. The van der Waals surface area contributed by atoms with Crippen molar-refractivity contribution in [3.05, 3.63) is 79.4 Å². The van der Waals surface area contributed by atoms with Gasteiger partial charge in [0.2, 0.25) is 5.95 Å². The van der Waals surface area contributed by atoms with Crippen molar-refractivity contribution < 1.29 is 4.74 Å². The average Bonchev–Trinajstić information content (AvgIpc) is 3.25. The number of benzene rings is 2. The normalized spacial score (nSPS) is 10.9. The highest BCUT2D eigenvalue weighted by Crippen LogP contribution is 2.32. The fraction of sp³-hybridized carbons (Fsp3) is 0.0833. The lowest BCUT2D eigenvalue weighted by Gasteiger charge is -2.12. The van der Waals surface area contributed by atoms with Crippen molar-refractivity contribution in [2.24, 2.45) is 7.05 Å². The molecule has 0 aliphatic rings. The predicted molar refractivity (Wildman–Crippen MR) is 121 cm³/mol. The largest absolute Gasteiger partial charge is 0.495 e. The Kier molecular flexibility index (Phi) is 4.76. The number of methoxy groups -OCH3 is 1. The molecule has 0 aliphatic carbocycles. The number of fused-ring (bicyclic) bond motifs is 1. The maximum absolute atomic E-state index is 5.61. The number of aryl methyl sites for hydroxylation is 1. The summed E-state index contributed by atoms with van der Waals surface area (Å²) < 4.78 is 7.38. The molecule has 0 bridgehead atoms. The third-order valence-electron chi connectivity index (χ3n) is 5.03. The number of rotatable bonds is 5. The van der Waals surface area contributed by atoms with Crippen molar-refractivity contribution in [1.29, 1.82) is 0 Å². The van der Waals surface area contributed by atoms with Crippen LogP contribution in [-0.2, 0) is 7.05 Å². The van der Waals surface area contributed by atoms with Gasteiger partial charge in [0, 0.05) is 42.2 Å². The van der Waals surface area contributed by atoms with Gasteiger partial charge < -0.3 is 10.1 Å². The van der Waals surface area contributed by atoms with Gasteiger partial charge in [0.25, 0.3) is 0 Å². The number of nitrogens with one attached hydrogen (secondary N) is 1. The smallest absolute Gasteiger partial charge is 0.227 e. The van der Waals surface area contributed by atoms with Crippen LogP contribution in [0.2, 0.25) is 0 Å². The van der Waals surface area contributed by atoms with E-state index >= 15 is 0 Å². The van der Waals surface area contributed by atoms with Gasteiger partial charge in [-0.1, -0.05) is 36.4 Å². The lowest BCUT2D eigenvalue weighted by Crippen LogP contribution is -2.00. The highest BCUT2D eigenvalue weighted by Gasteiger charge is 2.12. The molecular formula is C24H20N6O. The number of nitrogens with zero attached hydrogens (tertiary/aromatic N) is 5. The van der Waals surface area contributed by atoms with E-state index in [4.69, 9.17) is 9.72 Å². The highest BCUT2D eigenvalue weighted by molar-refractivity contribution is 5.91. The van der Waals surface area contributed by atoms with Crippen LogP contribution in [0.1, 0.15) is 0 Å². The Morgan fingerprint density at radius 3 is 2.55 bits per heavy atom. The van der Waals surface area contributed by atoms with Crippen molar-refractivity contribution in [2.75, 3.05) is 12.4 Å². The zero-order valence-corrected chi connectivity index (χ0v) is 17.1.